The first-order valence-corrected chi connectivity index (χ1v) is 18.5. The van der Waals surface area contributed by atoms with Crippen molar-refractivity contribution in [3.05, 3.63) is 71.8 Å². The summed E-state index contributed by atoms with van der Waals surface area (Å²) in [6.45, 7) is 18.5. The van der Waals surface area contributed by atoms with E-state index in [-0.39, 0.29) is 24.3 Å². The Morgan fingerprint density at radius 3 is 1.80 bits per heavy atom. The van der Waals surface area contributed by atoms with Crippen molar-refractivity contribution >= 4 is 26.5 Å². The maximum atomic E-state index is 13.7. The molecule has 2 aromatic carbocycles. The van der Waals surface area contributed by atoms with Gasteiger partial charge in [0.1, 0.15) is 18.8 Å². The van der Waals surface area contributed by atoms with Gasteiger partial charge in [-0.2, -0.15) is 0 Å². The van der Waals surface area contributed by atoms with Crippen molar-refractivity contribution in [2.24, 2.45) is 0 Å². The van der Waals surface area contributed by atoms with Gasteiger partial charge < -0.3 is 28.9 Å². The summed E-state index contributed by atoms with van der Waals surface area (Å²) in [5.74, 6) is -0.600. The van der Waals surface area contributed by atoms with E-state index in [4.69, 9.17) is 18.6 Å². The molecule has 0 aliphatic carbocycles. The zero-order chi connectivity index (χ0) is 33.3. The first kappa shape index (κ1) is 36.1. The summed E-state index contributed by atoms with van der Waals surface area (Å²) in [4.78, 5) is 43.4. The van der Waals surface area contributed by atoms with Crippen LogP contribution in [0.4, 0.5) is 9.59 Å². The number of hydrogen-bond donors (Lipinski definition) is 1. The minimum absolute atomic E-state index is 0.0583. The molecule has 10 nitrogen and oxygen atoms in total. The molecule has 248 valence electrons. The van der Waals surface area contributed by atoms with Crippen LogP contribution < -0.4 is 5.32 Å². The van der Waals surface area contributed by atoms with Crippen LogP contribution in [-0.2, 0) is 36.6 Å². The van der Waals surface area contributed by atoms with Crippen molar-refractivity contribution in [1.29, 1.82) is 0 Å². The average Bonchev–Trinajstić information content (AvgIpc) is 2.97. The molecule has 0 bridgehead atoms. The van der Waals surface area contributed by atoms with E-state index >= 15 is 0 Å². The van der Waals surface area contributed by atoms with Gasteiger partial charge in [0.05, 0.1) is 6.10 Å². The highest BCUT2D eigenvalue weighted by atomic mass is 28.4. The molecular formula is C34H51N3O7Si. The summed E-state index contributed by atoms with van der Waals surface area (Å²) in [7, 11) is -2.43. The molecule has 0 aromatic heterocycles. The molecule has 2 aromatic rings. The topological polar surface area (TPSA) is 107 Å². The van der Waals surface area contributed by atoms with Crippen molar-refractivity contribution in [2.75, 3.05) is 32.7 Å². The number of piperazine rings is 1. The van der Waals surface area contributed by atoms with E-state index in [1.165, 1.54) is 0 Å². The van der Waals surface area contributed by atoms with E-state index in [1.54, 1.807) is 25.7 Å². The van der Waals surface area contributed by atoms with Crippen molar-refractivity contribution in [2.45, 2.75) is 90.6 Å². The molecular weight excluding hydrogens is 590 g/mol. The molecule has 1 heterocycles. The Morgan fingerprint density at radius 2 is 1.31 bits per heavy atom. The highest BCUT2D eigenvalue weighted by Crippen LogP contribution is 2.38. The lowest BCUT2D eigenvalue weighted by Gasteiger charge is -2.43. The highest BCUT2D eigenvalue weighted by Gasteiger charge is 2.44. The second-order valence-corrected chi connectivity index (χ2v) is 18.7. The van der Waals surface area contributed by atoms with E-state index in [2.05, 4.69) is 44.1 Å². The zero-order valence-corrected chi connectivity index (χ0v) is 29.1. The standard InChI is InChI=1S/C34H51N3O7Si/c1-33(2,3)43-31(39)35-29(30(38)41-24-26-15-11-9-12-16-26)28(44-45(7,8)34(4,5)6)23-36-19-21-37(22-20-36)32(40)42-25-27-17-13-10-14-18-27/h9-18,28-29H,19-25H2,1-8H3,(H,35,39)/t28?,29-/m0/s1. The summed E-state index contributed by atoms with van der Waals surface area (Å²) in [6, 6.07) is 17.8. The predicted molar refractivity (Wildman–Crippen MR) is 176 cm³/mol. The molecule has 0 radical (unpaired) electrons. The number of nitrogens with zero attached hydrogens (tertiary/aromatic N) is 2. The summed E-state index contributed by atoms with van der Waals surface area (Å²) >= 11 is 0. The quantitative estimate of drug-likeness (QED) is 0.182. The molecule has 45 heavy (non-hydrogen) atoms. The number of ether oxygens (including phenoxy) is 3. The highest BCUT2D eigenvalue weighted by molar-refractivity contribution is 6.74. The third-order valence-corrected chi connectivity index (χ3v) is 12.6. The first-order valence-electron chi connectivity index (χ1n) is 15.6. The Hall–Kier alpha value is -3.41. The Bertz CT molecular complexity index is 1240. The number of carbonyl (C=O) groups is 3. The molecule has 1 saturated heterocycles. The van der Waals surface area contributed by atoms with Crippen LogP contribution in [-0.4, -0.2) is 86.7 Å². The van der Waals surface area contributed by atoms with E-state index in [9.17, 15) is 14.4 Å². The molecule has 1 N–H and O–H groups in total. The first-order chi connectivity index (χ1) is 21.0. The molecule has 1 unspecified atom stereocenters. The third kappa shape index (κ3) is 11.8. The van der Waals surface area contributed by atoms with Crippen molar-refractivity contribution in [1.82, 2.24) is 15.1 Å². The number of hydrogen-bond acceptors (Lipinski definition) is 8. The molecule has 1 fully saturated rings. The largest absolute Gasteiger partial charge is 0.459 e. The van der Waals surface area contributed by atoms with Crippen LogP contribution in [0.2, 0.25) is 18.1 Å². The van der Waals surface area contributed by atoms with Crippen LogP contribution in [0.25, 0.3) is 0 Å². The maximum Gasteiger partial charge on any atom is 0.410 e. The number of alkyl carbamates (subject to hydrolysis) is 1. The van der Waals surface area contributed by atoms with Gasteiger partial charge in [-0.15, -0.1) is 0 Å². The predicted octanol–water partition coefficient (Wildman–Crippen LogP) is 5.97. The molecule has 2 atom stereocenters. The van der Waals surface area contributed by atoms with E-state index in [1.807, 2.05) is 60.7 Å². The van der Waals surface area contributed by atoms with Crippen LogP contribution in [0.15, 0.2) is 60.7 Å². The minimum atomic E-state index is -2.43. The van der Waals surface area contributed by atoms with Crippen molar-refractivity contribution in [3.63, 3.8) is 0 Å². The summed E-state index contributed by atoms with van der Waals surface area (Å²) in [5, 5.41) is 2.63. The van der Waals surface area contributed by atoms with Gasteiger partial charge in [0.15, 0.2) is 14.4 Å². The molecule has 3 rings (SSSR count). The van der Waals surface area contributed by atoms with E-state index in [0.717, 1.165) is 11.1 Å². The minimum Gasteiger partial charge on any atom is -0.459 e. The normalized spacial score (nSPS) is 16.0. The smallest absolute Gasteiger partial charge is 0.410 e. The lowest BCUT2D eigenvalue weighted by atomic mass is 10.1. The van der Waals surface area contributed by atoms with Crippen LogP contribution in [0, 0.1) is 0 Å². The Kier molecular flexibility index (Phi) is 12.6. The second-order valence-electron chi connectivity index (χ2n) is 14.0. The monoisotopic (exact) mass is 641 g/mol. The lowest BCUT2D eigenvalue weighted by molar-refractivity contribution is -0.150. The molecule has 1 aliphatic heterocycles. The Balaban J connectivity index is 1.76. The van der Waals surface area contributed by atoms with Gasteiger partial charge in [-0.1, -0.05) is 81.4 Å². The van der Waals surface area contributed by atoms with Gasteiger partial charge in [0.2, 0.25) is 0 Å². The third-order valence-electron chi connectivity index (χ3n) is 8.05. The number of esters is 1. The molecule has 0 spiro atoms. The number of nitrogens with one attached hydrogen (secondary N) is 1. The Morgan fingerprint density at radius 1 is 0.800 bits per heavy atom. The van der Waals surface area contributed by atoms with E-state index in [0.29, 0.717) is 32.7 Å². The SMILES string of the molecule is CC(C)(C)OC(=O)N[C@H](C(=O)OCc1ccccc1)C(CN1CCN(C(=O)OCc2ccccc2)CC1)O[Si](C)(C)C(C)(C)C. The number of benzene rings is 2. The fourth-order valence-electron chi connectivity index (χ4n) is 4.50. The average molecular weight is 642 g/mol. The van der Waals surface area contributed by atoms with Crippen LogP contribution in [0.3, 0.4) is 0 Å². The van der Waals surface area contributed by atoms with Gasteiger partial charge in [0.25, 0.3) is 0 Å². The van der Waals surface area contributed by atoms with Crippen molar-refractivity contribution < 1.29 is 33.0 Å². The van der Waals surface area contributed by atoms with Crippen molar-refractivity contribution in [3.8, 4) is 0 Å². The van der Waals surface area contributed by atoms with E-state index < -0.39 is 38.1 Å². The molecule has 1 aliphatic rings. The second kappa shape index (κ2) is 15.7. The van der Waals surface area contributed by atoms with Gasteiger partial charge >= 0.3 is 18.2 Å². The molecule has 0 saturated carbocycles. The van der Waals surface area contributed by atoms with Crippen LogP contribution in [0.1, 0.15) is 52.7 Å². The van der Waals surface area contributed by atoms with Gasteiger partial charge in [-0.25, -0.2) is 14.4 Å². The Labute approximate surface area is 269 Å². The number of rotatable bonds is 11. The molecule has 11 heteroatoms. The van der Waals surface area contributed by atoms with Gasteiger partial charge in [-0.05, 0) is 50.0 Å². The zero-order valence-electron chi connectivity index (χ0n) is 28.1. The lowest BCUT2D eigenvalue weighted by Crippen LogP contribution is -2.60. The summed E-state index contributed by atoms with van der Waals surface area (Å²) in [5.41, 5.74) is 1.00. The number of carbonyl (C=O) groups excluding carboxylic acids is 3. The van der Waals surface area contributed by atoms with Crippen LogP contribution in [0.5, 0.6) is 0 Å². The fraction of sp³-hybridized carbons (Fsp3) is 0.559. The van der Waals surface area contributed by atoms with Gasteiger partial charge in [0, 0.05) is 32.7 Å². The van der Waals surface area contributed by atoms with Crippen LogP contribution >= 0.6 is 0 Å². The summed E-state index contributed by atoms with van der Waals surface area (Å²) in [6.07, 6.45) is -1.81. The molecule has 2 amide bonds. The van der Waals surface area contributed by atoms with Gasteiger partial charge in [-0.3, -0.25) is 4.90 Å². The summed E-state index contributed by atoms with van der Waals surface area (Å²) < 4.78 is 23.7. The fourth-order valence-corrected chi connectivity index (χ4v) is 5.82. The number of amides is 2. The maximum absolute atomic E-state index is 13.7.